The fraction of sp³-hybridized carbons (Fsp3) is 0.636. The molecule has 0 bridgehead atoms. The van der Waals surface area contributed by atoms with Crippen LogP contribution in [0.2, 0.25) is 45.8 Å². The van der Waals surface area contributed by atoms with Crippen LogP contribution < -0.4 is 5.32 Å². The molecule has 1 aliphatic rings. The highest BCUT2D eigenvalue weighted by atomic mass is 28.5. The standard InChI is InChI=1S/C11H25NO4Si4/c1-17(2)13-18(3,4)15-20(7,11-9-8-10-12-11)16-19(5,6)14-17/h8-10,12H,1-7H3. The zero-order valence-corrected chi connectivity index (χ0v) is 17.4. The molecule has 114 valence electrons. The Bertz CT molecular complexity index is 453. The maximum atomic E-state index is 6.47. The highest BCUT2D eigenvalue weighted by Crippen LogP contribution is 2.30. The first-order valence-corrected chi connectivity index (χ1v) is 17.6. The molecular weight excluding hydrogens is 322 g/mol. The van der Waals surface area contributed by atoms with Gasteiger partial charge in [-0.2, -0.15) is 0 Å². The minimum Gasteiger partial charge on any atom is -0.416 e. The van der Waals surface area contributed by atoms with Crippen molar-refractivity contribution in [2.45, 2.75) is 45.8 Å². The number of aromatic amines is 1. The van der Waals surface area contributed by atoms with Crippen molar-refractivity contribution < 1.29 is 16.5 Å². The molecular formula is C11H25NO4Si4. The Labute approximate surface area is 125 Å². The van der Waals surface area contributed by atoms with Gasteiger partial charge in [-0.05, 0) is 58.0 Å². The highest BCUT2D eigenvalue weighted by Gasteiger charge is 2.53. The Morgan fingerprint density at radius 1 is 0.750 bits per heavy atom. The maximum Gasteiger partial charge on any atom is 0.368 e. The Kier molecular flexibility index (Phi) is 4.11. The van der Waals surface area contributed by atoms with Crippen molar-refractivity contribution in [1.82, 2.24) is 4.98 Å². The number of hydrogen-bond acceptors (Lipinski definition) is 4. The summed E-state index contributed by atoms with van der Waals surface area (Å²) in [7, 11) is -9.32. The Morgan fingerprint density at radius 3 is 1.60 bits per heavy atom. The van der Waals surface area contributed by atoms with Gasteiger partial charge in [-0.3, -0.25) is 0 Å². The van der Waals surface area contributed by atoms with E-state index in [9.17, 15) is 0 Å². The van der Waals surface area contributed by atoms with Crippen LogP contribution in [-0.2, 0) is 16.5 Å². The second-order valence-corrected chi connectivity index (χ2v) is 20.7. The monoisotopic (exact) mass is 347 g/mol. The summed E-state index contributed by atoms with van der Waals surface area (Å²) < 4.78 is 25.6. The van der Waals surface area contributed by atoms with Gasteiger partial charge in [-0.25, -0.2) is 0 Å². The second-order valence-electron chi connectivity index (χ2n) is 6.64. The fourth-order valence-electron chi connectivity index (χ4n) is 2.93. The van der Waals surface area contributed by atoms with Crippen LogP contribution in [0.15, 0.2) is 18.3 Å². The first-order valence-electron chi connectivity index (χ1n) is 6.88. The van der Waals surface area contributed by atoms with E-state index in [1.807, 2.05) is 18.3 Å². The van der Waals surface area contributed by atoms with E-state index < -0.39 is 34.2 Å². The van der Waals surface area contributed by atoms with E-state index >= 15 is 0 Å². The number of hydrogen-bond donors (Lipinski definition) is 1. The molecule has 1 aromatic rings. The maximum absolute atomic E-state index is 6.47. The SMILES string of the molecule is C[Si]1(C)O[Si](C)(C)O[Si](C)(c2ccc[nH]2)O[Si](C)(C)O1. The molecule has 2 heterocycles. The Morgan fingerprint density at radius 2 is 1.20 bits per heavy atom. The molecule has 0 unspecified atom stereocenters. The summed E-state index contributed by atoms with van der Waals surface area (Å²) in [5.41, 5.74) is 0. The van der Waals surface area contributed by atoms with Crippen LogP contribution >= 0.6 is 0 Å². The van der Waals surface area contributed by atoms with Gasteiger partial charge >= 0.3 is 34.2 Å². The molecule has 1 aromatic heterocycles. The molecule has 0 amide bonds. The quantitative estimate of drug-likeness (QED) is 0.793. The predicted molar refractivity (Wildman–Crippen MR) is 88.8 cm³/mol. The number of H-pyrrole nitrogens is 1. The number of rotatable bonds is 1. The first kappa shape index (κ1) is 16.4. The van der Waals surface area contributed by atoms with E-state index in [0.717, 1.165) is 5.32 Å². The van der Waals surface area contributed by atoms with Gasteiger partial charge in [0, 0.05) is 6.20 Å². The number of aromatic nitrogens is 1. The van der Waals surface area contributed by atoms with Gasteiger partial charge in [0.2, 0.25) is 0 Å². The molecule has 1 aliphatic heterocycles. The average molecular weight is 348 g/mol. The van der Waals surface area contributed by atoms with Gasteiger partial charge < -0.3 is 21.4 Å². The highest BCUT2D eigenvalue weighted by molar-refractivity contribution is 6.96. The van der Waals surface area contributed by atoms with Crippen molar-refractivity contribution in [3.05, 3.63) is 18.3 Å². The van der Waals surface area contributed by atoms with Crippen molar-refractivity contribution in [2.24, 2.45) is 0 Å². The minimum atomic E-state index is -2.54. The van der Waals surface area contributed by atoms with E-state index in [4.69, 9.17) is 16.5 Å². The topological polar surface area (TPSA) is 52.7 Å². The normalized spacial score (nSPS) is 27.6. The molecule has 20 heavy (non-hydrogen) atoms. The Balaban J connectivity index is 2.40. The first-order chi connectivity index (χ1) is 8.93. The van der Waals surface area contributed by atoms with E-state index in [2.05, 4.69) is 50.8 Å². The van der Waals surface area contributed by atoms with Crippen molar-refractivity contribution in [3.8, 4) is 0 Å². The smallest absolute Gasteiger partial charge is 0.368 e. The average Bonchev–Trinajstić information content (AvgIpc) is 2.60. The Hall–Kier alpha value is -0.0125. The third-order valence-corrected chi connectivity index (χ3v) is 19.2. The summed E-state index contributed by atoms with van der Waals surface area (Å²) in [5, 5.41) is 1.03. The molecule has 0 radical (unpaired) electrons. The van der Waals surface area contributed by atoms with E-state index in [0.29, 0.717) is 0 Å². The second kappa shape index (κ2) is 5.02. The largest absolute Gasteiger partial charge is 0.416 e. The van der Waals surface area contributed by atoms with Crippen molar-refractivity contribution in [3.63, 3.8) is 0 Å². The van der Waals surface area contributed by atoms with Gasteiger partial charge in [-0.15, -0.1) is 0 Å². The fourth-order valence-corrected chi connectivity index (χ4v) is 23.7. The lowest BCUT2D eigenvalue weighted by atomic mass is 10.7. The van der Waals surface area contributed by atoms with Gasteiger partial charge in [-0.1, -0.05) is 0 Å². The predicted octanol–water partition coefficient (Wildman–Crippen LogP) is 2.48. The zero-order chi connectivity index (χ0) is 15.2. The molecule has 1 N–H and O–H groups in total. The van der Waals surface area contributed by atoms with E-state index in [-0.39, 0.29) is 0 Å². The lowest BCUT2D eigenvalue weighted by molar-refractivity contribution is 0.241. The van der Waals surface area contributed by atoms with Gasteiger partial charge in [0.15, 0.2) is 0 Å². The number of nitrogens with one attached hydrogen (secondary N) is 1. The molecule has 1 saturated heterocycles. The molecule has 0 aromatic carbocycles. The molecule has 1 fully saturated rings. The lowest BCUT2D eigenvalue weighted by Crippen LogP contribution is -2.69. The summed E-state index contributed by atoms with van der Waals surface area (Å²) in [5.74, 6) is 0. The van der Waals surface area contributed by atoms with Crippen molar-refractivity contribution in [1.29, 1.82) is 0 Å². The van der Waals surface area contributed by atoms with Crippen molar-refractivity contribution in [2.75, 3.05) is 0 Å². The summed E-state index contributed by atoms with van der Waals surface area (Å²) in [6, 6.07) is 4.01. The summed E-state index contributed by atoms with van der Waals surface area (Å²) in [4.78, 5) is 3.25. The molecule has 9 heteroatoms. The summed E-state index contributed by atoms with van der Waals surface area (Å²) >= 11 is 0. The third-order valence-electron chi connectivity index (χ3n) is 2.95. The van der Waals surface area contributed by atoms with E-state index in [1.165, 1.54) is 0 Å². The van der Waals surface area contributed by atoms with Crippen LogP contribution in [0.3, 0.4) is 0 Å². The van der Waals surface area contributed by atoms with Crippen LogP contribution in [0.5, 0.6) is 0 Å². The van der Waals surface area contributed by atoms with Crippen LogP contribution in [0, 0.1) is 0 Å². The molecule has 5 nitrogen and oxygen atoms in total. The molecule has 0 spiro atoms. The van der Waals surface area contributed by atoms with Crippen LogP contribution in [-0.4, -0.2) is 39.2 Å². The third kappa shape index (κ3) is 3.79. The molecule has 0 saturated carbocycles. The zero-order valence-electron chi connectivity index (χ0n) is 13.4. The van der Waals surface area contributed by atoms with Crippen LogP contribution in [0.25, 0.3) is 0 Å². The van der Waals surface area contributed by atoms with Crippen LogP contribution in [0.4, 0.5) is 0 Å². The van der Waals surface area contributed by atoms with Crippen molar-refractivity contribution >= 4 is 39.6 Å². The molecule has 0 aliphatic carbocycles. The molecule has 0 atom stereocenters. The van der Waals surface area contributed by atoms with E-state index in [1.54, 1.807) is 0 Å². The van der Waals surface area contributed by atoms with Gasteiger partial charge in [0.05, 0.1) is 5.32 Å². The summed E-state index contributed by atoms with van der Waals surface area (Å²) in [6.45, 7) is 14.5. The van der Waals surface area contributed by atoms with Gasteiger partial charge in [0.25, 0.3) is 0 Å². The van der Waals surface area contributed by atoms with Crippen LogP contribution in [0.1, 0.15) is 0 Å². The van der Waals surface area contributed by atoms with Gasteiger partial charge in [0.1, 0.15) is 0 Å². The minimum absolute atomic E-state index is 1.03. The molecule has 2 rings (SSSR count). The summed E-state index contributed by atoms with van der Waals surface area (Å²) in [6.07, 6.45) is 1.91. The lowest BCUT2D eigenvalue weighted by Gasteiger charge is -2.47.